The van der Waals surface area contributed by atoms with Gasteiger partial charge in [0.2, 0.25) is 0 Å². The summed E-state index contributed by atoms with van der Waals surface area (Å²) in [4.78, 5) is 17.7. The predicted octanol–water partition coefficient (Wildman–Crippen LogP) is 2.51. The number of rotatable bonds is 7. The molecular weight excluding hydrogens is 204 g/mol. The van der Waals surface area contributed by atoms with Crippen molar-refractivity contribution in [2.75, 3.05) is 0 Å². The fourth-order valence-corrected chi connectivity index (χ4v) is 1.53. The Bertz CT molecular complexity index is 349. The molecule has 4 nitrogen and oxygen atoms in total. The van der Waals surface area contributed by atoms with Gasteiger partial charge >= 0.3 is 5.56 Å². The first-order valence-electron chi connectivity index (χ1n) is 5.94. The molecule has 0 amide bonds. The van der Waals surface area contributed by atoms with Gasteiger partial charge in [-0.2, -0.15) is 0 Å². The van der Waals surface area contributed by atoms with Crippen LogP contribution in [0.25, 0.3) is 0 Å². The summed E-state index contributed by atoms with van der Waals surface area (Å²) in [6.45, 7) is 4.16. The molecule has 90 valence electrons. The lowest BCUT2D eigenvalue weighted by atomic mass is 10.1. The maximum absolute atomic E-state index is 11.3. The van der Waals surface area contributed by atoms with Gasteiger partial charge in [-0.05, 0) is 19.8 Å². The third kappa shape index (κ3) is 4.47. The summed E-state index contributed by atoms with van der Waals surface area (Å²) in [7, 11) is 0. The average molecular weight is 224 g/mol. The zero-order valence-corrected chi connectivity index (χ0v) is 10.0. The van der Waals surface area contributed by atoms with E-state index in [4.69, 9.17) is 4.74 Å². The second-order valence-corrected chi connectivity index (χ2v) is 4.00. The first kappa shape index (κ1) is 12.7. The zero-order chi connectivity index (χ0) is 11.8. The molecule has 0 bridgehead atoms. The number of H-pyrrole nitrogens is 1. The van der Waals surface area contributed by atoms with Crippen LogP contribution in [0.5, 0.6) is 5.88 Å². The normalized spacial score (nSPS) is 12.4. The van der Waals surface area contributed by atoms with E-state index >= 15 is 0 Å². The molecule has 0 aliphatic carbocycles. The van der Waals surface area contributed by atoms with Gasteiger partial charge in [-0.25, -0.2) is 4.98 Å². The average Bonchev–Trinajstić information content (AvgIpc) is 2.28. The SMILES string of the molecule is CCCCCCC(C)Oc1ncc[nH]c1=O. The molecule has 1 rings (SSSR count). The highest BCUT2D eigenvalue weighted by molar-refractivity contribution is 5.02. The Hall–Kier alpha value is -1.32. The molecule has 0 aliphatic rings. The quantitative estimate of drug-likeness (QED) is 0.724. The van der Waals surface area contributed by atoms with Gasteiger partial charge in [0.1, 0.15) is 0 Å². The first-order valence-corrected chi connectivity index (χ1v) is 5.94. The molecule has 4 heteroatoms. The van der Waals surface area contributed by atoms with Crippen molar-refractivity contribution in [2.24, 2.45) is 0 Å². The van der Waals surface area contributed by atoms with E-state index in [0.29, 0.717) is 0 Å². The van der Waals surface area contributed by atoms with Crippen LogP contribution in [0, 0.1) is 0 Å². The maximum atomic E-state index is 11.3. The van der Waals surface area contributed by atoms with Crippen molar-refractivity contribution in [3.05, 3.63) is 22.7 Å². The highest BCUT2D eigenvalue weighted by Gasteiger charge is 2.07. The van der Waals surface area contributed by atoms with Crippen LogP contribution < -0.4 is 10.3 Å². The number of unbranched alkanes of at least 4 members (excludes halogenated alkanes) is 3. The smallest absolute Gasteiger partial charge is 0.310 e. The van der Waals surface area contributed by atoms with Crippen molar-refractivity contribution in [2.45, 2.75) is 52.1 Å². The van der Waals surface area contributed by atoms with Crippen LogP contribution in [-0.4, -0.2) is 16.1 Å². The van der Waals surface area contributed by atoms with Crippen molar-refractivity contribution >= 4 is 0 Å². The van der Waals surface area contributed by atoms with Gasteiger partial charge in [0.25, 0.3) is 5.88 Å². The number of aromatic nitrogens is 2. The zero-order valence-electron chi connectivity index (χ0n) is 10.0. The Labute approximate surface area is 96.1 Å². The monoisotopic (exact) mass is 224 g/mol. The fraction of sp³-hybridized carbons (Fsp3) is 0.667. The van der Waals surface area contributed by atoms with E-state index in [0.717, 1.165) is 12.8 Å². The summed E-state index contributed by atoms with van der Waals surface area (Å²) < 4.78 is 5.47. The van der Waals surface area contributed by atoms with Crippen molar-refractivity contribution in [3.63, 3.8) is 0 Å². The van der Waals surface area contributed by atoms with Crippen molar-refractivity contribution < 1.29 is 4.74 Å². The maximum Gasteiger partial charge on any atom is 0.310 e. The third-order valence-electron chi connectivity index (χ3n) is 2.45. The van der Waals surface area contributed by atoms with Gasteiger partial charge in [-0.15, -0.1) is 0 Å². The summed E-state index contributed by atoms with van der Waals surface area (Å²) in [5.74, 6) is 0.172. The van der Waals surface area contributed by atoms with Crippen LogP contribution in [-0.2, 0) is 0 Å². The van der Waals surface area contributed by atoms with Crippen LogP contribution in [0.3, 0.4) is 0 Å². The molecule has 0 aromatic carbocycles. The minimum absolute atomic E-state index is 0.0489. The van der Waals surface area contributed by atoms with Crippen LogP contribution in [0.4, 0.5) is 0 Å². The van der Waals surface area contributed by atoms with E-state index in [1.165, 1.54) is 31.7 Å². The number of hydrogen-bond donors (Lipinski definition) is 1. The second-order valence-electron chi connectivity index (χ2n) is 4.00. The molecule has 0 spiro atoms. The number of nitrogens with zero attached hydrogens (tertiary/aromatic N) is 1. The lowest BCUT2D eigenvalue weighted by Gasteiger charge is -2.12. The fourth-order valence-electron chi connectivity index (χ4n) is 1.53. The molecule has 1 heterocycles. The standard InChI is InChI=1S/C12H20N2O2/c1-3-4-5-6-7-10(2)16-12-11(15)13-8-9-14-12/h8-10H,3-7H2,1-2H3,(H,13,15). The molecule has 1 atom stereocenters. The largest absolute Gasteiger partial charge is 0.471 e. The van der Waals surface area contributed by atoms with Crippen LogP contribution >= 0.6 is 0 Å². The highest BCUT2D eigenvalue weighted by atomic mass is 16.5. The first-order chi connectivity index (χ1) is 7.74. The Morgan fingerprint density at radius 3 is 2.94 bits per heavy atom. The third-order valence-corrected chi connectivity index (χ3v) is 2.45. The topological polar surface area (TPSA) is 55.0 Å². The lowest BCUT2D eigenvalue weighted by molar-refractivity contribution is 0.195. The van der Waals surface area contributed by atoms with E-state index < -0.39 is 0 Å². The van der Waals surface area contributed by atoms with Crippen molar-refractivity contribution in [3.8, 4) is 5.88 Å². The molecule has 1 aromatic heterocycles. The van der Waals surface area contributed by atoms with Gasteiger partial charge in [0.05, 0.1) is 6.10 Å². The number of ether oxygens (including phenoxy) is 1. The molecular formula is C12H20N2O2. The molecule has 16 heavy (non-hydrogen) atoms. The Kier molecular flexibility index (Phi) is 5.61. The van der Waals surface area contributed by atoms with Crippen LogP contribution in [0.2, 0.25) is 0 Å². The summed E-state index contributed by atoms with van der Waals surface area (Å²) in [5, 5.41) is 0. The summed E-state index contributed by atoms with van der Waals surface area (Å²) in [5.41, 5.74) is -0.261. The minimum Gasteiger partial charge on any atom is -0.471 e. The van der Waals surface area contributed by atoms with E-state index in [1.54, 1.807) is 0 Å². The van der Waals surface area contributed by atoms with Crippen molar-refractivity contribution in [1.29, 1.82) is 0 Å². The van der Waals surface area contributed by atoms with Gasteiger partial charge in [0.15, 0.2) is 0 Å². The Balaban J connectivity index is 2.31. The van der Waals surface area contributed by atoms with Gasteiger partial charge < -0.3 is 9.72 Å². The van der Waals surface area contributed by atoms with E-state index in [1.807, 2.05) is 6.92 Å². The van der Waals surface area contributed by atoms with E-state index in [9.17, 15) is 4.79 Å². The van der Waals surface area contributed by atoms with Crippen molar-refractivity contribution in [1.82, 2.24) is 9.97 Å². The number of nitrogens with one attached hydrogen (secondary N) is 1. The van der Waals surface area contributed by atoms with E-state index in [2.05, 4.69) is 16.9 Å². The molecule has 0 fully saturated rings. The lowest BCUT2D eigenvalue weighted by Crippen LogP contribution is -2.19. The number of aromatic amines is 1. The molecule has 0 saturated carbocycles. The summed E-state index contributed by atoms with van der Waals surface area (Å²) in [6, 6.07) is 0. The predicted molar refractivity (Wildman–Crippen MR) is 63.7 cm³/mol. The van der Waals surface area contributed by atoms with Gasteiger partial charge in [-0.3, -0.25) is 4.79 Å². The minimum atomic E-state index is -0.261. The molecule has 1 aromatic rings. The Morgan fingerprint density at radius 1 is 1.44 bits per heavy atom. The van der Waals surface area contributed by atoms with Gasteiger partial charge in [0, 0.05) is 12.4 Å². The Morgan fingerprint density at radius 2 is 2.25 bits per heavy atom. The highest BCUT2D eigenvalue weighted by Crippen LogP contribution is 2.09. The molecule has 0 saturated heterocycles. The molecule has 0 radical (unpaired) electrons. The molecule has 1 unspecified atom stereocenters. The van der Waals surface area contributed by atoms with E-state index in [-0.39, 0.29) is 17.5 Å². The number of hydrogen-bond acceptors (Lipinski definition) is 3. The van der Waals surface area contributed by atoms with Gasteiger partial charge in [-0.1, -0.05) is 26.2 Å². The van der Waals surface area contributed by atoms with Crippen LogP contribution in [0.1, 0.15) is 46.0 Å². The van der Waals surface area contributed by atoms with Crippen LogP contribution in [0.15, 0.2) is 17.2 Å². The second kappa shape index (κ2) is 7.04. The summed E-state index contributed by atoms with van der Waals surface area (Å²) in [6.07, 6.45) is 8.90. The summed E-state index contributed by atoms with van der Waals surface area (Å²) >= 11 is 0. The molecule has 0 aliphatic heterocycles. The molecule has 1 N–H and O–H groups in total.